The maximum atomic E-state index is 8.85. The molecule has 0 heterocycles. The Bertz CT molecular complexity index is 1250. The Morgan fingerprint density at radius 2 is 1.28 bits per heavy atom. The van der Waals surface area contributed by atoms with E-state index in [1.54, 1.807) is 0 Å². The van der Waals surface area contributed by atoms with Crippen molar-refractivity contribution in [2.24, 2.45) is 0 Å². The van der Waals surface area contributed by atoms with Gasteiger partial charge in [-0.1, -0.05) is 67.5 Å². The van der Waals surface area contributed by atoms with Gasteiger partial charge in [-0.2, -0.15) is 0 Å². The molecular weight excluding hydrogens is 216 g/mol. The molecule has 0 unspecified atom stereocenters. The van der Waals surface area contributed by atoms with Gasteiger partial charge in [-0.25, -0.2) is 0 Å². The van der Waals surface area contributed by atoms with Gasteiger partial charge in [0.05, 0.1) is 11.0 Å². The molecule has 0 radical (unpaired) electrons. The Morgan fingerprint density at radius 3 is 1.83 bits per heavy atom. The van der Waals surface area contributed by atoms with Crippen molar-refractivity contribution < 1.29 is 24.7 Å². The molecule has 1 spiro atoms. The molecule has 90 valence electrons. The zero-order valence-corrected chi connectivity index (χ0v) is 9.00. The second-order valence-electron chi connectivity index (χ2n) is 3.88. The summed E-state index contributed by atoms with van der Waals surface area (Å²) in [4.78, 5) is 0. The zero-order valence-electron chi connectivity index (χ0n) is 27.0. The Balaban J connectivity index is 2.49. The largest absolute Gasteiger partial charge is 0.0629 e. The molecule has 1 saturated carbocycles. The Hall–Kier alpha value is -1.56. The van der Waals surface area contributed by atoms with Crippen LogP contribution in [-0.2, 0) is 5.41 Å². The molecule has 0 N–H and O–H groups in total. The third-order valence-electron chi connectivity index (χ3n) is 3.00. The van der Waals surface area contributed by atoms with E-state index in [0.717, 1.165) is 0 Å². The third kappa shape index (κ3) is 1.21. The third-order valence-corrected chi connectivity index (χ3v) is 3.00. The highest BCUT2D eigenvalue weighted by molar-refractivity contribution is 5.81. The average molecular weight is 252 g/mol. The second kappa shape index (κ2) is 3.71. The van der Waals surface area contributed by atoms with Gasteiger partial charge in [0.1, 0.15) is 0 Å². The second-order valence-corrected chi connectivity index (χ2v) is 3.88. The minimum absolute atomic E-state index is 0.718. The van der Waals surface area contributed by atoms with E-state index in [1.165, 1.54) is 0 Å². The van der Waals surface area contributed by atoms with Crippen LogP contribution in [0.3, 0.4) is 0 Å². The summed E-state index contributed by atoms with van der Waals surface area (Å²) >= 11 is 0. The molecule has 2 aliphatic rings. The minimum Gasteiger partial charge on any atom is -0.0619 e. The summed E-state index contributed by atoms with van der Waals surface area (Å²) in [6.45, 7) is 0. The fraction of sp³-hybridized carbons (Fsp3) is 0.333. The summed E-state index contributed by atoms with van der Waals surface area (Å²) in [5.41, 5.74) is -6.88. The highest BCUT2D eigenvalue weighted by Gasteiger charge is 2.42. The van der Waals surface area contributed by atoms with Crippen LogP contribution in [0.5, 0.6) is 0 Å². The van der Waals surface area contributed by atoms with E-state index in [0.29, 0.717) is 0 Å². The van der Waals surface area contributed by atoms with E-state index < -0.39 is 108 Å². The van der Waals surface area contributed by atoms with E-state index >= 15 is 0 Å². The standard InChI is InChI=1S/C18H18/c1-6-12-18(13-7-1)16-10-4-2-8-14(16)15-9-3-5-11-17(15)18/h2-5,8-11H,1,6-7,12-13H2/i1D2,2D,3D,4D,5D,6D2,7D2,8D,9D,10D,11D,12D2,13D2. The van der Waals surface area contributed by atoms with E-state index in [9.17, 15) is 0 Å². The first-order valence-corrected chi connectivity index (χ1v) is 5.25. The highest BCUT2D eigenvalue weighted by atomic mass is 14.5. The Kier molecular flexibility index (Phi) is 0.577. The summed E-state index contributed by atoms with van der Waals surface area (Å²) in [6, 6.07) is -7.85. The van der Waals surface area contributed by atoms with Gasteiger partial charge in [-0.15, -0.1) is 0 Å². The molecule has 4 rings (SSSR count). The first kappa shape index (κ1) is 2.80. The summed E-state index contributed by atoms with van der Waals surface area (Å²) in [5, 5.41) is 0. The van der Waals surface area contributed by atoms with Crippen molar-refractivity contribution >= 4 is 0 Å². The topological polar surface area (TPSA) is 0 Å². The lowest BCUT2D eigenvalue weighted by atomic mass is 9.68. The van der Waals surface area contributed by atoms with E-state index in [-0.39, 0.29) is 0 Å². The fourth-order valence-corrected chi connectivity index (χ4v) is 2.25. The van der Waals surface area contributed by atoms with Crippen molar-refractivity contribution in [3.8, 4) is 11.1 Å². The van der Waals surface area contributed by atoms with Gasteiger partial charge >= 0.3 is 0 Å². The molecule has 0 heteroatoms. The quantitative estimate of drug-likeness (QED) is 0.624. The van der Waals surface area contributed by atoms with Crippen molar-refractivity contribution in [2.45, 2.75) is 37.3 Å². The monoisotopic (exact) mass is 252 g/mol. The van der Waals surface area contributed by atoms with Crippen LogP contribution in [0.2, 0.25) is 0 Å². The van der Waals surface area contributed by atoms with Crippen LogP contribution < -0.4 is 0 Å². The summed E-state index contributed by atoms with van der Waals surface area (Å²) in [6.07, 6.45) is -19.3. The van der Waals surface area contributed by atoms with Gasteiger partial charge in [0.2, 0.25) is 0 Å². The van der Waals surface area contributed by atoms with Crippen LogP contribution in [0.25, 0.3) is 11.1 Å². The number of hydrogen-bond acceptors (Lipinski definition) is 0. The van der Waals surface area contributed by atoms with Gasteiger partial charge in [0, 0.05) is 19.1 Å². The first-order valence-electron chi connectivity index (χ1n) is 14.2. The van der Waals surface area contributed by atoms with Crippen LogP contribution >= 0.6 is 0 Å². The lowest BCUT2D eigenvalue weighted by molar-refractivity contribution is 0.353. The predicted molar refractivity (Wildman–Crippen MR) is 75.7 cm³/mol. The molecule has 2 aromatic carbocycles. The molecule has 0 aromatic heterocycles. The number of hydrogen-bond donors (Lipinski definition) is 0. The van der Waals surface area contributed by atoms with E-state index in [1.807, 2.05) is 0 Å². The summed E-state index contributed by atoms with van der Waals surface area (Å²) in [7, 11) is 0. The van der Waals surface area contributed by atoms with Crippen molar-refractivity contribution in [3.05, 3.63) is 59.5 Å². The number of fused-ring (bicyclic) bond motifs is 5. The molecular formula is C18H18. The number of benzene rings is 2. The molecule has 0 nitrogen and oxygen atoms in total. The van der Waals surface area contributed by atoms with E-state index in [2.05, 4.69) is 0 Å². The van der Waals surface area contributed by atoms with Gasteiger partial charge in [0.15, 0.2) is 0 Å². The van der Waals surface area contributed by atoms with Crippen molar-refractivity contribution in [1.82, 2.24) is 0 Å². The molecule has 0 amide bonds. The van der Waals surface area contributed by atoms with Crippen LogP contribution in [0, 0.1) is 0 Å². The van der Waals surface area contributed by atoms with E-state index in [4.69, 9.17) is 24.7 Å². The van der Waals surface area contributed by atoms with Crippen LogP contribution in [-0.4, -0.2) is 0 Å². The summed E-state index contributed by atoms with van der Waals surface area (Å²) in [5.74, 6) is 0. The van der Waals surface area contributed by atoms with Gasteiger partial charge in [-0.3, -0.25) is 0 Å². The fourth-order valence-electron chi connectivity index (χ4n) is 2.25. The Morgan fingerprint density at radius 1 is 0.778 bits per heavy atom. The van der Waals surface area contributed by atoms with Crippen LogP contribution in [0.15, 0.2) is 48.3 Å². The molecule has 0 atom stereocenters. The van der Waals surface area contributed by atoms with Gasteiger partial charge in [0.25, 0.3) is 0 Å². The number of rotatable bonds is 0. The average Bonchev–Trinajstić information content (AvgIpc) is 3.11. The van der Waals surface area contributed by atoms with Gasteiger partial charge < -0.3 is 0 Å². The lowest BCUT2D eigenvalue weighted by Crippen LogP contribution is -2.27. The zero-order chi connectivity index (χ0) is 27.9. The van der Waals surface area contributed by atoms with Crippen LogP contribution in [0.4, 0.5) is 0 Å². The Labute approximate surface area is 134 Å². The normalized spacial score (nSPS) is 48.0. The molecule has 0 bridgehead atoms. The first-order chi connectivity index (χ1) is 16.0. The minimum atomic E-state index is -3.87. The molecule has 2 aliphatic carbocycles. The predicted octanol–water partition coefficient (Wildman–Crippen LogP) is 4.92. The molecule has 0 aliphatic heterocycles. The SMILES string of the molecule is [2H]c1c([2H])c([2H])c2c(c1[2H])-c1c([2H])c([2H])c([2H])c([2H])c1C21C([2H])([2H])C([2H])([2H])C([2H])([2H])C([2H])([2H])C1([2H])[2H]. The highest BCUT2D eigenvalue weighted by Crippen LogP contribution is 2.55. The molecule has 18 heavy (non-hydrogen) atoms. The van der Waals surface area contributed by atoms with Crippen molar-refractivity contribution in [2.75, 3.05) is 0 Å². The van der Waals surface area contributed by atoms with Crippen molar-refractivity contribution in [1.29, 1.82) is 0 Å². The van der Waals surface area contributed by atoms with Crippen molar-refractivity contribution in [3.63, 3.8) is 0 Å². The molecule has 1 fully saturated rings. The molecule has 0 saturated heterocycles. The summed E-state index contributed by atoms with van der Waals surface area (Å²) < 4.78 is 152. The lowest BCUT2D eigenvalue weighted by Gasteiger charge is -2.35. The maximum Gasteiger partial charge on any atom is 0.0629 e. The van der Waals surface area contributed by atoms with Gasteiger partial charge in [-0.05, 0) is 35.0 Å². The smallest absolute Gasteiger partial charge is 0.0619 e. The van der Waals surface area contributed by atoms with Crippen LogP contribution in [0.1, 0.15) is 67.7 Å². The molecule has 2 aromatic rings. The maximum absolute atomic E-state index is 8.85.